The summed E-state index contributed by atoms with van der Waals surface area (Å²) in [6.45, 7) is 8.46. The Morgan fingerprint density at radius 3 is 2.69 bits per heavy atom. The average molecular weight is 588 g/mol. The van der Waals surface area contributed by atoms with Crippen LogP contribution >= 0.6 is 11.6 Å². The molecule has 0 saturated carbocycles. The van der Waals surface area contributed by atoms with Gasteiger partial charge in [-0.2, -0.15) is 0 Å². The van der Waals surface area contributed by atoms with Crippen molar-refractivity contribution in [2.75, 3.05) is 31.0 Å². The van der Waals surface area contributed by atoms with E-state index >= 15 is 0 Å². The lowest BCUT2D eigenvalue weighted by molar-refractivity contribution is 0.178. The standard InChI is InChI=1S/C32H35ClFN7O/c1-7-20-16-36-29-25(28(20)37-18-32(3,4)5)13-21(14-26(29)33)38-30(27-17-41(40-39-27)19(2)15-34)23-9-8-10-24-22(23)11-12-35-31(24)42-6/h1,8-14,16-17,19,30,38-40H,15,18H2,2-6H3,(H,36,37)/t19-,30-/m0/s1. The number of aromatic nitrogens is 2. The van der Waals surface area contributed by atoms with Crippen LogP contribution in [0.4, 0.5) is 15.8 Å². The molecule has 0 amide bonds. The van der Waals surface area contributed by atoms with Crippen molar-refractivity contribution in [1.82, 2.24) is 25.9 Å². The summed E-state index contributed by atoms with van der Waals surface area (Å²) < 4.78 is 19.1. The molecule has 1 aliphatic rings. The molecule has 8 nitrogen and oxygen atoms in total. The van der Waals surface area contributed by atoms with Crippen LogP contribution in [0.1, 0.15) is 44.9 Å². The maximum absolute atomic E-state index is 13.5. The molecule has 0 radical (unpaired) electrons. The monoisotopic (exact) mass is 587 g/mol. The molecule has 3 heterocycles. The summed E-state index contributed by atoms with van der Waals surface area (Å²) in [5, 5.41) is 12.0. The molecular formula is C32H35ClFN7O. The molecule has 2 aromatic carbocycles. The molecule has 4 aromatic rings. The zero-order valence-corrected chi connectivity index (χ0v) is 25.1. The summed E-state index contributed by atoms with van der Waals surface area (Å²) >= 11 is 6.83. The van der Waals surface area contributed by atoms with Gasteiger partial charge in [0.1, 0.15) is 6.67 Å². The van der Waals surface area contributed by atoms with Gasteiger partial charge in [-0.05, 0) is 47.6 Å². The number of nitrogens with one attached hydrogen (secondary N) is 4. The van der Waals surface area contributed by atoms with Gasteiger partial charge in [-0.15, -0.1) is 12.0 Å². The van der Waals surface area contributed by atoms with E-state index in [4.69, 9.17) is 22.8 Å². The number of methoxy groups -OCH3 is 1. The maximum Gasteiger partial charge on any atom is 0.221 e. The van der Waals surface area contributed by atoms with Gasteiger partial charge in [0.2, 0.25) is 5.88 Å². The molecule has 0 spiro atoms. The summed E-state index contributed by atoms with van der Waals surface area (Å²) in [6, 6.07) is 11.0. The van der Waals surface area contributed by atoms with E-state index in [-0.39, 0.29) is 11.5 Å². The normalized spacial score (nSPS) is 14.7. The van der Waals surface area contributed by atoms with Crippen LogP contribution in [0.25, 0.3) is 21.7 Å². The Morgan fingerprint density at radius 1 is 1.17 bits per heavy atom. The molecular weight excluding hydrogens is 553 g/mol. The number of halogens is 2. The molecule has 4 N–H and O–H groups in total. The fourth-order valence-electron chi connectivity index (χ4n) is 4.91. The second kappa shape index (κ2) is 11.9. The van der Waals surface area contributed by atoms with Crippen LogP contribution in [-0.2, 0) is 0 Å². The van der Waals surface area contributed by atoms with E-state index in [1.165, 1.54) is 0 Å². The lowest BCUT2D eigenvalue weighted by Gasteiger charge is -2.24. The Hall–Kier alpha value is -4.26. The highest BCUT2D eigenvalue weighted by Gasteiger charge is 2.27. The van der Waals surface area contributed by atoms with Crippen molar-refractivity contribution < 1.29 is 9.13 Å². The lowest BCUT2D eigenvalue weighted by Crippen LogP contribution is -2.43. The number of anilines is 2. The number of fused-ring (bicyclic) bond motifs is 2. The molecule has 5 rings (SSSR count). The van der Waals surface area contributed by atoms with E-state index in [1.54, 1.807) is 31.4 Å². The highest BCUT2D eigenvalue weighted by Crippen LogP contribution is 2.38. The number of hydrogen-bond acceptors (Lipinski definition) is 8. The smallest absolute Gasteiger partial charge is 0.221 e. The Labute approximate surface area is 250 Å². The molecule has 0 saturated heterocycles. The van der Waals surface area contributed by atoms with Crippen molar-refractivity contribution in [3.63, 3.8) is 0 Å². The topological polar surface area (TPSA) is 86.4 Å². The van der Waals surface area contributed by atoms with E-state index in [0.717, 1.165) is 38.8 Å². The van der Waals surface area contributed by atoms with Gasteiger partial charge in [0.15, 0.2) is 0 Å². The predicted octanol–water partition coefficient (Wildman–Crippen LogP) is 6.56. The van der Waals surface area contributed by atoms with Gasteiger partial charge in [-0.25, -0.2) is 9.37 Å². The van der Waals surface area contributed by atoms with Crippen molar-refractivity contribution in [2.24, 2.45) is 5.41 Å². The minimum absolute atomic E-state index is 0.0206. The van der Waals surface area contributed by atoms with E-state index in [2.05, 4.69) is 58.3 Å². The number of rotatable bonds is 9. The van der Waals surface area contributed by atoms with Gasteiger partial charge in [-0.3, -0.25) is 9.99 Å². The van der Waals surface area contributed by atoms with Crippen LogP contribution in [-0.4, -0.2) is 41.3 Å². The van der Waals surface area contributed by atoms with Crippen molar-refractivity contribution in [3.8, 4) is 18.2 Å². The van der Waals surface area contributed by atoms with Gasteiger partial charge in [-0.1, -0.05) is 50.4 Å². The van der Waals surface area contributed by atoms with Crippen LogP contribution in [0.5, 0.6) is 5.88 Å². The third kappa shape index (κ3) is 5.87. The average Bonchev–Trinajstić information content (AvgIpc) is 3.47. The molecule has 0 fully saturated rings. The fraction of sp³-hybridized carbons (Fsp3) is 0.312. The minimum atomic E-state index is -0.511. The summed E-state index contributed by atoms with van der Waals surface area (Å²) in [4.78, 5) is 8.95. The van der Waals surface area contributed by atoms with Gasteiger partial charge in [0.05, 0.1) is 46.7 Å². The molecule has 10 heteroatoms. The molecule has 42 heavy (non-hydrogen) atoms. The Bertz CT molecular complexity index is 1690. The lowest BCUT2D eigenvalue weighted by atomic mass is 9.96. The van der Waals surface area contributed by atoms with E-state index in [9.17, 15) is 4.39 Å². The summed E-state index contributed by atoms with van der Waals surface area (Å²) in [5.74, 6) is 3.29. The SMILES string of the molecule is C#Cc1cnc2c(Cl)cc(N[C@H](C3=CN([C@@H](C)CF)NN3)c3cccc4c(OC)nccc34)cc2c1NCC(C)(C)C. The van der Waals surface area contributed by atoms with E-state index in [1.807, 2.05) is 42.6 Å². The second-order valence-electron chi connectivity index (χ2n) is 11.5. The van der Waals surface area contributed by atoms with E-state index in [0.29, 0.717) is 28.5 Å². The number of pyridine rings is 2. The number of benzene rings is 2. The van der Waals surface area contributed by atoms with Crippen molar-refractivity contribution in [3.05, 3.63) is 76.8 Å². The van der Waals surface area contributed by atoms with Crippen LogP contribution in [0, 0.1) is 17.8 Å². The molecule has 1 aliphatic heterocycles. The van der Waals surface area contributed by atoms with Gasteiger partial charge >= 0.3 is 0 Å². The minimum Gasteiger partial charge on any atom is -0.481 e. The van der Waals surface area contributed by atoms with Gasteiger partial charge in [0.25, 0.3) is 0 Å². The molecule has 218 valence electrons. The quantitative estimate of drug-likeness (QED) is 0.164. The van der Waals surface area contributed by atoms with Crippen molar-refractivity contribution in [1.29, 1.82) is 0 Å². The second-order valence-corrected chi connectivity index (χ2v) is 11.9. The maximum atomic E-state index is 13.5. The predicted molar refractivity (Wildman–Crippen MR) is 169 cm³/mol. The number of nitrogens with zero attached hydrogens (tertiary/aromatic N) is 3. The number of ether oxygens (including phenoxy) is 1. The summed E-state index contributed by atoms with van der Waals surface area (Å²) in [5.41, 5.74) is 10.9. The van der Waals surface area contributed by atoms with E-state index < -0.39 is 12.7 Å². The summed E-state index contributed by atoms with van der Waals surface area (Å²) in [6.07, 6.45) is 11.1. The van der Waals surface area contributed by atoms with Crippen molar-refractivity contribution >= 4 is 44.7 Å². The third-order valence-corrected chi connectivity index (χ3v) is 7.40. The zero-order chi connectivity index (χ0) is 30.0. The number of hydrazine groups is 2. The third-order valence-electron chi connectivity index (χ3n) is 7.11. The van der Waals surface area contributed by atoms with Crippen LogP contribution < -0.4 is 26.3 Å². The highest BCUT2D eigenvalue weighted by molar-refractivity contribution is 6.35. The fourth-order valence-corrected chi connectivity index (χ4v) is 5.18. The Balaban J connectivity index is 1.65. The first-order valence-electron chi connectivity index (χ1n) is 13.7. The first-order valence-corrected chi connectivity index (χ1v) is 14.1. The first kappa shape index (κ1) is 29.2. The Morgan fingerprint density at radius 2 is 1.98 bits per heavy atom. The van der Waals surface area contributed by atoms with Gasteiger partial charge < -0.3 is 20.8 Å². The molecule has 0 aliphatic carbocycles. The van der Waals surface area contributed by atoms with Gasteiger partial charge in [0, 0.05) is 41.6 Å². The zero-order valence-electron chi connectivity index (χ0n) is 24.3. The number of hydrogen-bond donors (Lipinski definition) is 4. The molecule has 2 atom stereocenters. The Kier molecular flexibility index (Phi) is 8.30. The summed E-state index contributed by atoms with van der Waals surface area (Å²) in [7, 11) is 1.60. The van der Waals surface area contributed by atoms with Crippen LogP contribution in [0.15, 0.2) is 60.7 Å². The molecule has 0 bridgehead atoms. The van der Waals surface area contributed by atoms with Crippen LogP contribution in [0.3, 0.4) is 0 Å². The first-order chi connectivity index (χ1) is 20.1. The number of terminal acetylenes is 1. The molecule has 0 unspecified atom stereocenters. The van der Waals surface area contributed by atoms with Crippen LogP contribution in [0.2, 0.25) is 5.02 Å². The van der Waals surface area contributed by atoms with Crippen molar-refractivity contribution in [2.45, 2.75) is 39.8 Å². The highest BCUT2D eigenvalue weighted by atomic mass is 35.5. The molecule has 2 aromatic heterocycles. The largest absolute Gasteiger partial charge is 0.481 e. The number of alkyl halides is 1.